The summed E-state index contributed by atoms with van der Waals surface area (Å²) in [7, 11) is 3.29. The Morgan fingerprint density at radius 1 is 1.37 bits per heavy atom. The zero-order valence-corrected chi connectivity index (χ0v) is 15.2. The molecule has 1 N–H and O–H groups in total. The van der Waals surface area contributed by atoms with Crippen LogP contribution in [-0.4, -0.2) is 44.7 Å². The largest absolute Gasteiger partial charge is 0.496 e. The third-order valence-corrected chi connectivity index (χ3v) is 3.07. The first kappa shape index (κ1) is 22.0. The van der Waals surface area contributed by atoms with Gasteiger partial charge in [0.05, 0.1) is 13.3 Å². The molecule has 0 saturated carbocycles. The van der Waals surface area contributed by atoms with Crippen molar-refractivity contribution in [2.45, 2.75) is 6.18 Å². The number of nitrogens with zero attached hydrogens (tertiary/aromatic N) is 2. The number of aromatic nitrogens is 1. The number of nitrogens with one attached hydrogen (secondary N) is 1. The van der Waals surface area contributed by atoms with Crippen molar-refractivity contribution in [1.82, 2.24) is 10.3 Å². The number of alkyl halides is 3. The van der Waals surface area contributed by atoms with Gasteiger partial charge in [0.15, 0.2) is 0 Å². The minimum atomic E-state index is -4.37. The fraction of sp³-hybridized carbons (Fsp3) is 0.263. The zero-order valence-electron chi connectivity index (χ0n) is 15.2. The third kappa shape index (κ3) is 8.75. The Balaban J connectivity index is 3.00. The van der Waals surface area contributed by atoms with E-state index in [1.165, 1.54) is 19.3 Å². The van der Waals surface area contributed by atoms with Crippen molar-refractivity contribution in [2.24, 2.45) is 4.99 Å². The number of rotatable bonds is 10. The molecule has 0 amide bonds. The SMILES string of the molecule is C=C/C=C(\C=N/CC(F)(F)F)OC/C(=C\C=C/NC)c1cnccc1OC. The van der Waals surface area contributed by atoms with Crippen LogP contribution in [0.5, 0.6) is 5.75 Å². The van der Waals surface area contributed by atoms with Crippen LogP contribution in [0.2, 0.25) is 0 Å². The van der Waals surface area contributed by atoms with E-state index in [2.05, 4.69) is 21.9 Å². The Morgan fingerprint density at radius 2 is 2.15 bits per heavy atom. The minimum Gasteiger partial charge on any atom is -0.496 e. The molecular formula is C19H22F3N3O2. The molecule has 0 aliphatic heterocycles. The number of hydrogen-bond donors (Lipinski definition) is 1. The summed E-state index contributed by atoms with van der Waals surface area (Å²) in [6.45, 7) is 2.31. The highest BCUT2D eigenvalue weighted by atomic mass is 19.4. The van der Waals surface area contributed by atoms with Crippen LogP contribution in [0.15, 0.2) is 66.3 Å². The van der Waals surface area contributed by atoms with Crippen molar-refractivity contribution in [3.8, 4) is 5.75 Å². The van der Waals surface area contributed by atoms with Gasteiger partial charge in [0.2, 0.25) is 0 Å². The van der Waals surface area contributed by atoms with E-state index in [4.69, 9.17) is 9.47 Å². The van der Waals surface area contributed by atoms with Crippen LogP contribution in [0.4, 0.5) is 13.2 Å². The molecule has 0 atom stereocenters. The van der Waals surface area contributed by atoms with Gasteiger partial charge in [-0.1, -0.05) is 18.7 Å². The standard InChI is InChI=1S/C19H22F3N3O2/c1-4-6-16(11-25-14-19(20,21)22)27-13-15(7-5-9-23-2)17-12-24-10-8-18(17)26-3/h4-12,23H,1,13-14H2,2-3H3/b9-5-,15-7+,16-6+,25-11-. The summed E-state index contributed by atoms with van der Waals surface area (Å²) in [6, 6.07) is 1.70. The van der Waals surface area contributed by atoms with Gasteiger partial charge in [-0.2, -0.15) is 13.2 Å². The van der Waals surface area contributed by atoms with Crippen molar-refractivity contribution in [1.29, 1.82) is 0 Å². The maximum absolute atomic E-state index is 12.2. The van der Waals surface area contributed by atoms with E-state index in [9.17, 15) is 13.2 Å². The molecule has 0 spiro atoms. The molecule has 8 heteroatoms. The average molecular weight is 381 g/mol. The van der Waals surface area contributed by atoms with Crippen molar-refractivity contribution in [3.05, 3.63) is 66.9 Å². The van der Waals surface area contributed by atoms with Gasteiger partial charge in [-0.3, -0.25) is 9.98 Å². The van der Waals surface area contributed by atoms with Crippen molar-refractivity contribution in [2.75, 3.05) is 27.3 Å². The van der Waals surface area contributed by atoms with Gasteiger partial charge in [-0.25, -0.2) is 0 Å². The molecule has 0 aliphatic carbocycles. The normalized spacial score (nSPS) is 13.2. The number of pyridine rings is 1. The quantitative estimate of drug-likeness (QED) is 0.379. The van der Waals surface area contributed by atoms with E-state index >= 15 is 0 Å². The zero-order chi connectivity index (χ0) is 20.1. The van der Waals surface area contributed by atoms with E-state index in [-0.39, 0.29) is 12.4 Å². The summed E-state index contributed by atoms with van der Waals surface area (Å²) in [5.41, 5.74) is 1.41. The fourth-order valence-corrected chi connectivity index (χ4v) is 1.92. The molecular weight excluding hydrogens is 359 g/mol. The first-order chi connectivity index (χ1) is 12.9. The van der Waals surface area contributed by atoms with Gasteiger partial charge in [0.1, 0.15) is 24.7 Å². The van der Waals surface area contributed by atoms with E-state index < -0.39 is 12.7 Å². The Hall–Kier alpha value is -3.03. The van der Waals surface area contributed by atoms with Crippen LogP contribution in [-0.2, 0) is 4.74 Å². The lowest BCUT2D eigenvalue weighted by Crippen LogP contribution is -2.12. The molecule has 0 aliphatic rings. The average Bonchev–Trinajstić information content (AvgIpc) is 2.63. The number of aliphatic imine (C=N–C) groups is 1. The van der Waals surface area contributed by atoms with E-state index in [0.717, 1.165) is 6.21 Å². The lowest BCUT2D eigenvalue weighted by Gasteiger charge is -2.13. The molecule has 1 aromatic rings. The highest BCUT2D eigenvalue weighted by molar-refractivity contribution is 5.77. The summed E-state index contributed by atoms with van der Waals surface area (Å²) in [5, 5.41) is 2.87. The fourth-order valence-electron chi connectivity index (χ4n) is 1.92. The predicted molar refractivity (Wildman–Crippen MR) is 101 cm³/mol. The highest BCUT2D eigenvalue weighted by Gasteiger charge is 2.25. The van der Waals surface area contributed by atoms with Gasteiger partial charge < -0.3 is 14.8 Å². The number of ether oxygens (including phenoxy) is 2. The number of halogens is 3. The second kappa shape index (κ2) is 11.6. The Kier molecular flexibility index (Phi) is 9.42. The van der Waals surface area contributed by atoms with E-state index in [1.807, 2.05) is 0 Å². The lowest BCUT2D eigenvalue weighted by atomic mass is 10.1. The smallest absolute Gasteiger partial charge is 0.407 e. The van der Waals surface area contributed by atoms with Crippen LogP contribution in [0.1, 0.15) is 5.56 Å². The van der Waals surface area contributed by atoms with Crippen LogP contribution >= 0.6 is 0 Å². The molecule has 146 valence electrons. The third-order valence-electron chi connectivity index (χ3n) is 3.07. The van der Waals surface area contributed by atoms with Crippen molar-refractivity contribution in [3.63, 3.8) is 0 Å². The Labute approximate surface area is 156 Å². The van der Waals surface area contributed by atoms with Crippen LogP contribution in [0.25, 0.3) is 5.57 Å². The first-order valence-electron chi connectivity index (χ1n) is 7.94. The minimum absolute atomic E-state index is 0.0633. The second-order valence-corrected chi connectivity index (χ2v) is 5.09. The first-order valence-corrected chi connectivity index (χ1v) is 7.94. The van der Waals surface area contributed by atoms with Gasteiger partial charge in [-0.05, 0) is 24.4 Å². The molecule has 27 heavy (non-hydrogen) atoms. The summed E-state index contributed by atoms with van der Waals surface area (Å²) in [5.74, 6) is 0.748. The molecule has 0 unspecified atom stereocenters. The van der Waals surface area contributed by atoms with Gasteiger partial charge in [-0.15, -0.1) is 0 Å². The predicted octanol–water partition coefficient (Wildman–Crippen LogP) is 3.93. The summed E-state index contributed by atoms with van der Waals surface area (Å²) < 4.78 is 47.7. The molecule has 0 saturated heterocycles. The molecule has 1 aromatic heterocycles. The topological polar surface area (TPSA) is 55.7 Å². The van der Waals surface area contributed by atoms with Crippen molar-refractivity contribution >= 4 is 11.8 Å². The lowest BCUT2D eigenvalue weighted by molar-refractivity contribution is -0.118. The molecule has 1 rings (SSSR count). The van der Waals surface area contributed by atoms with Crippen LogP contribution < -0.4 is 10.1 Å². The van der Waals surface area contributed by atoms with Gasteiger partial charge >= 0.3 is 6.18 Å². The van der Waals surface area contributed by atoms with Crippen LogP contribution in [0, 0.1) is 0 Å². The van der Waals surface area contributed by atoms with Gasteiger partial charge in [0, 0.05) is 30.6 Å². The molecule has 1 heterocycles. The molecule has 0 bridgehead atoms. The number of allylic oxidation sites excluding steroid dienone is 5. The van der Waals surface area contributed by atoms with Crippen molar-refractivity contribution < 1.29 is 22.6 Å². The number of methoxy groups -OCH3 is 1. The maximum Gasteiger partial charge on any atom is 0.407 e. The van der Waals surface area contributed by atoms with Gasteiger partial charge in [0.25, 0.3) is 0 Å². The Morgan fingerprint density at radius 3 is 2.78 bits per heavy atom. The summed E-state index contributed by atoms with van der Waals surface area (Å²) in [6.07, 6.45) is 7.97. The van der Waals surface area contributed by atoms with E-state index in [1.54, 1.807) is 43.9 Å². The summed E-state index contributed by atoms with van der Waals surface area (Å²) in [4.78, 5) is 7.43. The molecule has 0 fully saturated rings. The second-order valence-electron chi connectivity index (χ2n) is 5.09. The van der Waals surface area contributed by atoms with E-state index in [0.29, 0.717) is 16.9 Å². The van der Waals surface area contributed by atoms with Crippen LogP contribution in [0.3, 0.4) is 0 Å². The number of hydrogen-bond acceptors (Lipinski definition) is 5. The highest BCUT2D eigenvalue weighted by Crippen LogP contribution is 2.25. The molecule has 5 nitrogen and oxygen atoms in total. The monoisotopic (exact) mass is 381 g/mol. The molecule has 0 aromatic carbocycles. The Bertz CT molecular complexity index is 723. The molecule has 0 radical (unpaired) electrons. The summed E-state index contributed by atoms with van der Waals surface area (Å²) >= 11 is 0. The maximum atomic E-state index is 12.2.